The largest absolute Gasteiger partial charge is 0.350 e. The van der Waals surface area contributed by atoms with Gasteiger partial charge in [-0.1, -0.05) is 0 Å². The maximum atomic E-state index is 11.7. The van der Waals surface area contributed by atoms with E-state index in [0.29, 0.717) is 11.6 Å². The molecule has 0 saturated heterocycles. The summed E-state index contributed by atoms with van der Waals surface area (Å²) in [5.74, 6) is -0.0888. The number of carbonyl (C=O) groups excluding carboxylic acids is 1. The van der Waals surface area contributed by atoms with Gasteiger partial charge in [-0.15, -0.1) is 22.7 Å². The van der Waals surface area contributed by atoms with Crippen LogP contribution in [0.1, 0.15) is 31.8 Å². The molecule has 1 amide bonds. The SMILES string of the molecule is O=C(NCCc1nc2c(s1)CCC2)c1nccs1. The molecular weight excluding hydrogens is 266 g/mol. The van der Waals surface area contributed by atoms with E-state index in [0.717, 1.165) is 17.8 Å². The summed E-state index contributed by atoms with van der Waals surface area (Å²) in [7, 11) is 0. The number of hydrogen-bond donors (Lipinski definition) is 1. The molecule has 0 bridgehead atoms. The van der Waals surface area contributed by atoms with Crippen molar-refractivity contribution in [3.05, 3.63) is 32.2 Å². The Kier molecular flexibility index (Phi) is 3.38. The first-order valence-corrected chi connectivity index (χ1v) is 7.67. The summed E-state index contributed by atoms with van der Waals surface area (Å²) in [6, 6.07) is 0. The van der Waals surface area contributed by atoms with Gasteiger partial charge in [0.15, 0.2) is 5.01 Å². The molecule has 0 spiro atoms. The number of carbonyl (C=O) groups is 1. The lowest BCUT2D eigenvalue weighted by atomic mass is 10.3. The standard InChI is InChI=1S/C12H13N3OS2/c16-11(12-14-6-7-17-12)13-5-4-10-15-8-2-1-3-9(8)18-10/h6-7H,1-5H2,(H,13,16). The molecule has 1 N–H and O–H groups in total. The molecule has 0 fully saturated rings. The van der Waals surface area contributed by atoms with Crippen LogP contribution in [-0.4, -0.2) is 22.4 Å². The molecule has 3 rings (SSSR count). The van der Waals surface area contributed by atoms with Crippen LogP contribution < -0.4 is 5.32 Å². The van der Waals surface area contributed by atoms with E-state index >= 15 is 0 Å². The van der Waals surface area contributed by atoms with E-state index in [2.05, 4.69) is 15.3 Å². The van der Waals surface area contributed by atoms with E-state index in [1.807, 2.05) is 0 Å². The molecule has 94 valence electrons. The molecular formula is C12H13N3OS2. The number of aromatic nitrogens is 2. The van der Waals surface area contributed by atoms with Gasteiger partial charge in [-0.05, 0) is 19.3 Å². The Labute approximate surface area is 113 Å². The molecule has 2 aromatic rings. The Balaban J connectivity index is 1.51. The number of nitrogens with zero attached hydrogens (tertiary/aromatic N) is 2. The average molecular weight is 279 g/mol. The highest BCUT2D eigenvalue weighted by atomic mass is 32.1. The highest BCUT2D eigenvalue weighted by molar-refractivity contribution is 7.12. The van der Waals surface area contributed by atoms with Crippen LogP contribution >= 0.6 is 22.7 Å². The Bertz CT molecular complexity index is 526. The molecule has 1 aliphatic rings. The zero-order chi connectivity index (χ0) is 12.4. The van der Waals surface area contributed by atoms with Gasteiger partial charge in [-0.2, -0.15) is 0 Å². The van der Waals surface area contributed by atoms with Crippen molar-refractivity contribution >= 4 is 28.6 Å². The zero-order valence-corrected chi connectivity index (χ0v) is 11.4. The van der Waals surface area contributed by atoms with E-state index < -0.39 is 0 Å². The molecule has 0 aliphatic heterocycles. The Morgan fingerprint density at radius 1 is 1.44 bits per heavy atom. The summed E-state index contributed by atoms with van der Waals surface area (Å²) in [5.41, 5.74) is 1.28. The third kappa shape index (κ3) is 2.44. The molecule has 4 nitrogen and oxygen atoms in total. The van der Waals surface area contributed by atoms with Crippen molar-refractivity contribution in [1.29, 1.82) is 0 Å². The first-order chi connectivity index (χ1) is 8.83. The Hall–Kier alpha value is -1.27. The van der Waals surface area contributed by atoms with Gasteiger partial charge in [0.1, 0.15) is 0 Å². The van der Waals surface area contributed by atoms with Gasteiger partial charge in [0.25, 0.3) is 5.91 Å². The second-order valence-corrected chi connectivity index (χ2v) is 6.24. The minimum Gasteiger partial charge on any atom is -0.350 e. The summed E-state index contributed by atoms with van der Waals surface area (Å²) >= 11 is 3.16. The quantitative estimate of drug-likeness (QED) is 0.932. The molecule has 0 saturated carbocycles. The summed E-state index contributed by atoms with van der Waals surface area (Å²) in [6.45, 7) is 0.630. The van der Waals surface area contributed by atoms with Gasteiger partial charge in [0, 0.05) is 29.4 Å². The van der Waals surface area contributed by atoms with Crippen molar-refractivity contribution in [3.8, 4) is 0 Å². The monoisotopic (exact) mass is 279 g/mol. The van der Waals surface area contributed by atoms with E-state index in [1.165, 1.54) is 34.7 Å². The van der Waals surface area contributed by atoms with E-state index in [9.17, 15) is 4.79 Å². The summed E-state index contributed by atoms with van der Waals surface area (Å²) in [6.07, 6.45) is 6.00. The molecule has 0 atom stereocenters. The molecule has 6 heteroatoms. The fourth-order valence-corrected chi connectivity index (χ4v) is 3.75. The number of fused-ring (bicyclic) bond motifs is 1. The molecule has 0 radical (unpaired) electrons. The first kappa shape index (κ1) is 11.8. The van der Waals surface area contributed by atoms with Crippen molar-refractivity contribution in [2.75, 3.05) is 6.54 Å². The number of aryl methyl sites for hydroxylation is 2. The van der Waals surface area contributed by atoms with Crippen LogP contribution in [0, 0.1) is 0 Å². The summed E-state index contributed by atoms with van der Waals surface area (Å²) in [4.78, 5) is 21.7. The molecule has 0 aromatic carbocycles. The van der Waals surface area contributed by atoms with Crippen LogP contribution in [0.5, 0.6) is 0 Å². The first-order valence-electron chi connectivity index (χ1n) is 5.98. The second-order valence-electron chi connectivity index (χ2n) is 4.17. The van der Waals surface area contributed by atoms with Crippen LogP contribution in [0.25, 0.3) is 0 Å². The molecule has 2 heterocycles. The van der Waals surface area contributed by atoms with E-state index in [4.69, 9.17) is 0 Å². The topological polar surface area (TPSA) is 54.9 Å². The predicted molar refractivity (Wildman–Crippen MR) is 72.3 cm³/mol. The fraction of sp³-hybridized carbons (Fsp3) is 0.417. The number of nitrogens with one attached hydrogen (secondary N) is 1. The van der Waals surface area contributed by atoms with Crippen molar-refractivity contribution in [3.63, 3.8) is 0 Å². The third-order valence-corrected chi connectivity index (χ3v) is 4.88. The van der Waals surface area contributed by atoms with Crippen molar-refractivity contribution in [2.45, 2.75) is 25.7 Å². The lowest BCUT2D eigenvalue weighted by Gasteiger charge is -2.00. The number of thiazole rings is 2. The van der Waals surface area contributed by atoms with Gasteiger partial charge < -0.3 is 5.32 Å². The molecule has 2 aromatic heterocycles. The smallest absolute Gasteiger partial charge is 0.280 e. The fourth-order valence-electron chi connectivity index (χ4n) is 2.04. The molecule has 0 unspecified atom stereocenters. The average Bonchev–Trinajstić information content (AvgIpc) is 3.05. The minimum absolute atomic E-state index is 0.0888. The number of amides is 1. The van der Waals surface area contributed by atoms with Crippen molar-refractivity contribution in [2.24, 2.45) is 0 Å². The minimum atomic E-state index is -0.0888. The highest BCUT2D eigenvalue weighted by Crippen LogP contribution is 2.27. The van der Waals surface area contributed by atoms with Gasteiger partial charge >= 0.3 is 0 Å². The Morgan fingerprint density at radius 3 is 3.17 bits per heavy atom. The van der Waals surface area contributed by atoms with Gasteiger partial charge in [-0.3, -0.25) is 4.79 Å². The lowest BCUT2D eigenvalue weighted by molar-refractivity contribution is 0.0954. The summed E-state index contributed by atoms with van der Waals surface area (Å²) in [5, 5.41) is 6.34. The van der Waals surface area contributed by atoms with Crippen LogP contribution in [0.3, 0.4) is 0 Å². The second kappa shape index (κ2) is 5.16. The van der Waals surface area contributed by atoms with Crippen molar-refractivity contribution in [1.82, 2.24) is 15.3 Å². The van der Waals surface area contributed by atoms with Gasteiger partial charge in [0.05, 0.1) is 10.7 Å². The molecule has 1 aliphatic carbocycles. The van der Waals surface area contributed by atoms with Crippen LogP contribution in [0.4, 0.5) is 0 Å². The maximum absolute atomic E-state index is 11.7. The van der Waals surface area contributed by atoms with Crippen LogP contribution in [0.15, 0.2) is 11.6 Å². The van der Waals surface area contributed by atoms with Crippen LogP contribution in [-0.2, 0) is 19.3 Å². The number of hydrogen-bond acceptors (Lipinski definition) is 5. The number of rotatable bonds is 4. The van der Waals surface area contributed by atoms with Crippen molar-refractivity contribution < 1.29 is 4.79 Å². The summed E-state index contributed by atoms with van der Waals surface area (Å²) < 4.78 is 0. The highest BCUT2D eigenvalue weighted by Gasteiger charge is 2.16. The Morgan fingerprint density at radius 2 is 2.39 bits per heavy atom. The van der Waals surface area contributed by atoms with Gasteiger partial charge in [-0.25, -0.2) is 9.97 Å². The predicted octanol–water partition coefficient (Wildman–Crippen LogP) is 2.06. The van der Waals surface area contributed by atoms with E-state index in [-0.39, 0.29) is 5.91 Å². The van der Waals surface area contributed by atoms with Gasteiger partial charge in [0.2, 0.25) is 0 Å². The third-order valence-electron chi connectivity index (χ3n) is 2.89. The van der Waals surface area contributed by atoms with E-state index in [1.54, 1.807) is 22.9 Å². The normalized spacial score (nSPS) is 13.6. The lowest BCUT2D eigenvalue weighted by Crippen LogP contribution is -2.25. The zero-order valence-electron chi connectivity index (χ0n) is 9.81. The maximum Gasteiger partial charge on any atom is 0.280 e. The van der Waals surface area contributed by atoms with Crippen LogP contribution in [0.2, 0.25) is 0 Å². The molecule has 18 heavy (non-hydrogen) atoms.